The Morgan fingerprint density at radius 3 is 2.18 bits per heavy atom. The molecule has 0 saturated heterocycles. The van der Waals surface area contributed by atoms with Gasteiger partial charge in [-0.3, -0.25) is 0 Å². The van der Waals surface area contributed by atoms with Crippen LogP contribution in [0.15, 0.2) is 18.2 Å². The van der Waals surface area contributed by atoms with E-state index in [0.29, 0.717) is 0 Å². The molecule has 1 N–H and O–H groups in total. The Kier molecular flexibility index (Phi) is 6.28. The van der Waals surface area contributed by atoms with Crippen LogP contribution in [0, 0.1) is 13.8 Å². The lowest BCUT2D eigenvalue weighted by Crippen LogP contribution is -2.02. The summed E-state index contributed by atoms with van der Waals surface area (Å²) >= 11 is 0. The summed E-state index contributed by atoms with van der Waals surface area (Å²) in [6.07, 6.45) is 6.90. The van der Waals surface area contributed by atoms with Crippen LogP contribution in [0.25, 0.3) is 0 Å². The topological polar surface area (TPSA) is 20.2 Å². The highest BCUT2D eigenvalue weighted by Crippen LogP contribution is 2.26. The van der Waals surface area contributed by atoms with E-state index in [9.17, 15) is 5.11 Å². The van der Waals surface area contributed by atoms with Crippen LogP contribution in [-0.4, -0.2) is 5.11 Å². The van der Waals surface area contributed by atoms with Crippen molar-refractivity contribution in [3.05, 3.63) is 34.9 Å². The number of aliphatic hydroxyl groups is 1. The van der Waals surface area contributed by atoms with Crippen molar-refractivity contribution in [3.63, 3.8) is 0 Å². The van der Waals surface area contributed by atoms with E-state index in [1.54, 1.807) is 0 Å². The molecule has 17 heavy (non-hydrogen) atoms. The smallest absolute Gasteiger partial charge is 0.0795 e. The van der Waals surface area contributed by atoms with Crippen LogP contribution in [0.3, 0.4) is 0 Å². The van der Waals surface area contributed by atoms with Gasteiger partial charge in [0.1, 0.15) is 0 Å². The van der Waals surface area contributed by atoms with Crippen molar-refractivity contribution in [3.8, 4) is 0 Å². The van der Waals surface area contributed by atoms with Crippen LogP contribution in [0.5, 0.6) is 0 Å². The number of aryl methyl sites for hydroxylation is 2. The maximum Gasteiger partial charge on any atom is 0.0795 e. The quantitative estimate of drug-likeness (QED) is 0.678. The maximum absolute atomic E-state index is 10.2. The first-order valence-corrected chi connectivity index (χ1v) is 6.91. The number of benzene rings is 1. The van der Waals surface area contributed by atoms with Gasteiger partial charge in [-0.15, -0.1) is 0 Å². The predicted octanol–water partition coefficient (Wildman–Crippen LogP) is 4.70. The summed E-state index contributed by atoms with van der Waals surface area (Å²) in [6.45, 7) is 6.40. The minimum absolute atomic E-state index is 0.280. The second kappa shape index (κ2) is 7.50. The molecule has 0 amide bonds. The SMILES string of the molecule is CCCCCCCC(O)c1c(C)cccc1C. The lowest BCUT2D eigenvalue weighted by molar-refractivity contribution is 0.162. The molecule has 0 bridgehead atoms. The second-order valence-electron chi connectivity index (χ2n) is 5.02. The van der Waals surface area contributed by atoms with E-state index in [0.717, 1.165) is 18.4 Å². The third-order valence-corrected chi connectivity index (χ3v) is 3.46. The Balaban J connectivity index is 2.44. The largest absolute Gasteiger partial charge is 0.388 e. The Morgan fingerprint density at radius 1 is 1.00 bits per heavy atom. The van der Waals surface area contributed by atoms with Crippen LogP contribution in [0.1, 0.15) is 68.2 Å². The number of unbranched alkanes of at least 4 members (excludes halogenated alkanes) is 4. The van der Waals surface area contributed by atoms with Gasteiger partial charge in [0.15, 0.2) is 0 Å². The molecule has 0 fully saturated rings. The minimum Gasteiger partial charge on any atom is -0.388 e. The molecule has 1 atom stereocenters. The van der Waals surface area contributed by atoms with Crippen molar-refractivity contribution in [1.82, 2.24) is 0 Å². The van der Waals surface area contributed by atoms with Crippen molar-refractivity contribution < 1.29 is 5.11 Å². The summed E-state index contributed by atoms with van der Waals surface area (Å²) < 4.78 is 0. The van der Waals surface area contributed by atoms with Crippen LogP contribution in [-0.2, 0) is 0 Å². The molecule has 1 rings (SSSR count). The van der Waals surface area contributed by atoms with E-state index < -0.39 is 0 Å². The summed E-state index contributed by atoms with van der Waals surface area (Å²) in [5.74, 6) is 0. The Hall–Kier alpha value is -0.820. The van der Waals surface area contributed by atoms with E-state index in [-0.39, 0.29) is 6.10 Å². The molecule has 0 saturated carbocycles. The molecule has 1 aromatic carbocycles. The average molecular weight is 234 g/mol. The van der Waals surface area contributed by atoms with E-state index in [2.05, 4.69) is 39.0 Å². The van der Waals surface area contributed by atoms with Crippen molar-refractivity contribution >= 4 is 0 Å². The fourth-order valence-electron chi connectivity index (χ4n) is 2.44. The number of aliphatic hydroxyl groups excluding tert-OH is 1. The normalized spacial score (nSPS) is 12.7. The van der Waals surface area contributed by atoms with Crippen LogP contribution >= 0.6 is 0 Å². The molecule has 0 aromatic heterocycles. The highest BCUT2D eigenvalue weighted by molar-refractivity contribution is 5.35. The third-order valence-electron chi connectivity index (χ3n) is 3.46. The minimum atomic E-state index is -0.280. The summed E-state index contributed by atoms with van der Waals surface area (Å²) in [7, 11) is 0. The monoisotopic (exact) mass is 234 g/mol. The van der Waals surface area contributed by atoms with Crippen molar-refractivity contribution in [2.75, 3.05) is 0 Å². The molecule has 1 unspecified atom stereocenters. The fraction of sp³-hybridized carbons (Fsp3) is 0.625. The first-order valence-electron chi connectivity index (χ1n) is 6.91. The summed E-state index contributed by atoms with van der Waals surface area (Å²) in [4.78, 5) is 0. The van der Waals surface area contributed by atoms with Crippen LogP contribution in [0.2, 0.25) is 0 Å². The zero-order valence-corrected chi connectivity index (χ0v) is 11.5. The molecule has 1 heteroatoms. The van der Waals surface area contributed by atoms with Crippen molar-refractivity contribution in [2.45, 2.75) is 65.4 Å². The average Bonchev–Trinajstić information content (AvgIpc) is 2.28. The Labute approximate surface area is 106 Å². The highest BCUT2D eigenvalue weighted by atomic mass is 16.3. The van der Waals surface area contributed by atoms with Gasteiger partial charge >= 0.3 is 0 Å². The van der Waals surface area contributed by atoms with Gasteiger partial charge in [-0.05, 0) is 37.0 Å². The summed E-state index contributed by atoms with van der Waals surface area (Å²) in [5.41, 5.74) is 3.57. The molecule has 0 heterocycles. The molecule has 1 nitrogen and oxygen atoms in total. The van der Waals surface area contributed by atoms with Crippen molar-refractivity contribution in [1.29, 1.82) is 0 Å². The molecule has 0 aliphatic carbocycles. The predicted molar refractivity (Wildman–Crippen MR) is 74.3 cm³/mol. The van der Waals surface area contributed by atoms with E-state index in [1.807, 2.05) is 0 Å². The van der Waals surface area contributed by atoms with Gasteiger partial charge in [-0.1, -0.05) is 57.2 Å². The first kappa shape index (κ1) is 14.2. The molecule has 0 spiro atoms. The standard InChI is InChI=1S/C16H26O/c1-4-5-6-7-8-12-15(17)16-13(2)10-9-11-14(16)3/h9-11,15,17H,4-8,12H2,1-3H3. The molecule has 0 aliphatic rings. The van der Waals surface area contributed by atoms with Gasteiger partial charge in [0.2, 0.25) is 0 Å². The van der Waals surface area contributed by atoms with Gasteiger partial charge < -0.3 is 5.11 Å². The van der Waals surface area contributed by atoms with Crippen LogP contribution < -0.4 is 0 Å². The van der Waals surface area contributed by atoms with Gasteiger partial charge in [0, 0.05) is 0 Å². The number of hydrogen-bond acceptors (Lipinski definition) is 1. The molecule has 0 aliphatic heterocycles. The fourth-order valence-corrected chi connectivity index (χ4v) is 2.44. The van der Waals surface area contributed by atoms with E-state index >= 15 is 0 Å². The summed E-state index contributed by atoms with van der Waals surface area (Å²) in [6, 6.07) is 6.23. The van der Waals surface area contributed by atoms with Gasteiger partial charge in [-0.25, -0.2) is 0 Å². The van der Waals surface area contributed by atoms with E-state index in [4.69, 9.17) is 0 Å². The van der Waals surface area contributed by atoms with Gasteiger partial charge in [-0.2, -0.15) is 0 Å². The van der Waals surface area contributed by atoms with Gasteiger partial charge in [0.05, 0.1) is 6.10 Å². The molecular formula is C16H26O. The highest BCUT2D eigenvalue weighted by Gasteiger charge is 2.12. The lowest BCUT2D eigenvalue weighted by atomic mass is 9.94. The zero-order valence-electron chi connectivity index (χ0n) is 11.5. The Bertz CT molecular complexity index is 310. The molecular weight excluding hydrogens is 208 g/mol. The van der Waals surface area contributed by atoms with Crippen molar-refractivity contribution in [2.24, 2.45) is 0 Å². The lowest BCUT2D eigenvalue weighted by Gasteiger charge is -2.16. The number of rotatable bonds is 7. The van der Waals surface area contributed by atoms with Gasteiger partial charge in [0.25, 0.3) is 0 Å². The molecule has 0 radical (unpaired) electrons. The summed E-state index contributed by atoms with van der Waals surface area (Å²) in [5, 5.41) is 10.2. The van der Waals surface area contributed by atoms with E-state index in [1.165, 1.54) is 36.8 Å². The second-order valence-corrected chi connectivity index (χ2v) is 5.02. The number of hydrogen-bond donors (Lipinski definition) is 1. The molecule has 96 valence electrons. The zero-order chi connectivity index (χ0) is 12.7. The first-order chi connectivity index (χ1) is 8.16. The third kappa shape index (κ3) is 4.51. The Morgan fingerprint density at radius 2 is 1.59 bits per heavy atom. The van der Waals surface area contributed by atoms with Crippen LogP contribution in [0.4, 0.5) is 0 Å². The maximum atomic E-state index is 10.2. The molecule has 1 aromatic rings.